The number of amides is 2. The summed E-state index contributed by atoms with van der Waals surface area (Å²) in [5.74, 6) is 0.113. The van der Waals surface area contributed by atoms with E-state index in [9.17, 15) is 9.59 Å². The topological polar surface area (TPSA) is 76.7 Å². The van der Waals surface area contributed by atoms with Crippen molar-refractivity contribution in [2.24, 2.45) is 5.92 Å². The molecular formula is C23H24Cl2N2O4. The summed E-state index contributed by atoms with van der Waals surface area (Å²) in [5.41, 5.74) is 2.52. The number of urea groups is 1. The predicted molar refractivity (Wildman–Crippen MR) is 120 cm³/mol. The summed E-state index contributed by atoms with van der Waals surface area (Å²) in [4.78, 5) is 24.9. The Morgan fingerprint density at radius 3 is 2.45 bits per heavy atom. The number of esters is 1. The van der Waals surface area contributed by atoms with E-state index in [2.05, 4.69) is 10.6 Å². The Labute approximate surface area is 191 Å². The molecule has 0 radical (unpaired) electrons. The van der Waals surface area contributed by atoms with Crippen LogP contribution in [0.5, 0.6) is 5.75 Å². The van der Waals surface area contributed by atoms with Crippen LogP contribution in [0.3, 0.4) is 0 Å². The monoisotopic (exact) mass is 462 g/mol. The second-order valence-electron chi connectivity index (χ2n) is 7.33. The van der Waals surface area contributed by atoms with Gasteiger partial charge >= 0.3 is 12.0 Å². The molecule has 0 aliphatic carbocycles. The van der Waals surface area contributed by atoms with Gasteiger partial charge in [-0.15, -0.1) is 0 Å². The third-order valence-electron chi connectivity index (χ3n) is 4.80. The number of allylic oxidation sites excluding steroid dienone is 1. The van der Waals surface area contributed by atoms with Crippen LogP contribution >= 0.6 is 23.2 Å². The molecule has 1 aliphatic heterocycles. The molecule has 2 aromatic rings. The highest BCUT2D eigenvalue weighted by Crippen LogP contribution is 2.31. The van der Waals surface area contributed by atoms with Gasteiger partial charge in [0, 0.05) is 21.3 Å². The van der Waals surface area contributed by atoms with Crippen molar-refractivity contribution in [1.29, 1.82) is 0 Å². The van der Waals surface area contributed by atoms with Gasteiger partial charge in [-0.3, -0.25) is 0 Å². The molecule has 1 unspecified atom stereocenters. The number of carbonyl (C=O) groups excluding carboxylic acids is 2. The molecule has 6 nitrogen and oxygen atoms in total. The van der Waals surface area contributed by atoms with Gasteiger partial charge in [-0.1, -0.05) is 55.2 Å². The third-order valence-corrected chi connectivity index (χ3v) is 5.39. The van der Waals surface area contributed by atoms with Crippen molar-refractivity contribution in [1.82, 2.24) is 10.6 Å². The SMILES string of the molecule is CCOC(=O)C1=C(C(C)C)NC(=O)NC1c1ccc(OCc2ccc(Cl)cc2Cl)cc1. The smallest absolute Gasteiger partial charge is 0.338 e. The fourth-order valence-electron chi connectivity index (χ4n) is 3.28. The summed E-state index contributed by atoms with van der Waals surface area (Å²) in [6.45, 7) is 6.10. The summed E-state index contributed by atoms with van der Waals surface area (Å²) in [7, 11) is 0. The number of rotatable bonds is 7. The van der Waals surface area contributed by atoms with Crippen LogP contribution < -0.4 is 15.4 Å². The van der Waals surface area contributed by atoms with Crippen molar-refractivity contribution in [3.63, 3.8) is 0 Å². The molecule has 2 aromatic carbocycles. The number of benzene rings is 2. The maximum Gasteiger partial charge on any atom is 0.338 e. The maximum atomic E-state index is 12.7. The Morgan fingerprint density at radius 2 is 1.84 bits per heavy atom. The van der Waals surface area contributed by atoms with Gasteiger partial charge in [0.2, 0.25) is 0 Å². The van der Waals surface area contributed by atoms with Crippen LogP contribution in [0.25, 0.3) is 0 Å². The second-order valence-corrected chi connectivity index (χ2v) is 8.17. The van der Waals surface area contributed by atoms with E-state index in [1.54, 1.807) is 31.2 Å². The molecule has 0 fully saturated rings. The number of carbonyl (C=O) groups is 2. The number of nitrogens with one attached hydrogen (secondary N) is 2. The van der Waals surface area contributed by atoms with Crippen molar-refractivity contribution >= 4 is 35.2 Å². The second kappa shape index (κ2) is 10.1. The molecule has 0 aromatic heterocycles. The fraction of sp³-hybridized carbons (Fsp3) is 0.304. The Kier molecular flexibility index (Phi) is 7.46. The van der Waals surface area contributed by atoms with Crippen molar-refractivity contribution in [3.8, 4) is 5.75 Å². The van der Waals surface area contributed by atoms with Gasteiger partial charge in [0.05, 0.1) is 18.2 Å². The molecule has 0 spiro atoms. The first kappa shape index (κ1) is 23.0. The van der Waals surface area contributed by atoms with Gasteiger partial charge < -0.3 is 20.1 Å². The average molecular weight is 463 g/mol. The van der Waals surface area contributed by atoms with Crippen LogP contribution in [0.15, 0.2) is 53.7 Å². The number of hydrogen-bond donors (Lipinski definition) is 2. The third kappa shape index (κ3) is 5.51. The molecular weight excluding hydrogens is 439 g/mol. The molecule has 1 aliphatic rings. The number of halogens is 2. The lowest BCUT2D eigenvalue weighted by atomic mass is 9.91. The predicted octanol–water partition coefficient (Wildman–Crippen LogP) is 5.40. The zero-order chi connectivity index (χ0) is 22.5. The lowest BCUT2D eigenvalue weighted by Crippen LogP contribution is -2.47. The minimum atomic E-state index is -0.620. The Bertz CT molecular complexity index is 1000. The molecule has 2 N–H and O–H groups in total. The van der Waals surface area contributed by atoms with E-state index in [0.717, 1.165) is 11.1 Å². The Morgan fingerprint density at radius 1 is 1.13 bits per heavy atom. The summed E-state index contributed by atoms with van der Waals surface area (Å²) < 4.78 is 11.1. The van der Waals surface area contributed by atoms with Gasteiger partial charge in [-0.05, 0) is 42.7 Å². The van der Waals surface area contributed by atoms with Crippen LogP contribution in [0, 0.1) is 5.92 Å². The molecule has 8 heteroatoms. The number of ether oxygens (including phenoxy) is 2. The molecule has 0 saturated carbocycles. The van der Waals surface area contributed by atoms with Crippen molar-refractivity contribution in [2.45, 2.75) is 33.4 Å². The molecule has 31 heavy (non-hydrogen) atoms. The van der Waals surface area contributed by atoms with E-state index < -0.39 is 12.0 Å². The van der Waals surface area contributed by atoms with Gasteiger partial charge in [-0.25, -0.2) is 9.59 Å². The molecule has 0 bridgehead atoms. The van der Waals surface area contributed by atoms with E-state index in [-0.39, 0.29) is 25.2 Å². The van der Waals surface area contributed by atoms with Crippen LogP contribution in [-0.4, -0.2) is 18.6 Å². The zero-order valence-electron chi connectivity index (χ0n) is 17.5. The Hall–Kier alpha value is -2.70. The largest absolute Gasteiger partial charge is 0.489 e. The highest BCUT2D eigenvalue weighted by atomic mass is 35.5. The molecule has 164 valence electrons. The molecule has 2 amide bonds. The maximum absolute atomic E-state index is 12.7. The van der Waals surface area contributed by atoms with Gasteiger partial charge in [0.1, 0.15) is 12.4 Å². The lowest BCUT2D eigenvalue weighted by Gasteiger charge is -2.31. The van der Waals surface area contributed by atoms with Crippen LogP contribution in [0.1, 0.15) is 37.9 Å². The van der Waals surface area contributed by atoms with E-state index in [0.29, 0.717) is 27.1 Å². The molecule has 3 rings (SSSR count). The highest BCUT2D eigenvalue weighted by molar-refractivity contribution is 6.35. The van der Waals surface area contributed by atoms with Gasteiger partial charge in [-0.2, -0.15) is 0 Å². The zero-order valence-corrected chi connectivity index (χ0v) is 19.0. The van der Waals surface area contributed by atoms with Crippen molar-refractivity contribution in [2.75, 3.05) is 6.61 Å². The van der Waals surface area contributed by atoms with Crippen LogP contribution in [0.4, 0.5) is 4.79 Å². The highest BCUT2D eigenvalue weighted by Gasteiger charge is 2.34. The number of hydrogen-bond acceptors (Lipinski definition) is 4. The first-order chi connectivity index (χ1) is 14.8. The van der Waals surface area contributed by atoms with Crippen molar-refractivity contribution < 1.29 is 19.1 Å². The first-order valence-corrected chi connectivity index (χ1v) is 10.7. The summed E-state index contributed by atoms with van der Waals surface area (Å²) in [6, 6.07) is 11.4. The Balaban J connectivity index is 1.82. The van der Waals surface area contributed by atoms with E-state index >= 15 is 0 Å². The van der Waals surface area contributed by atoms with Gasteiger partial charge in [0.25, 0.3) is 0 Å². The molecule has 1 atom stereocenters. The normalized spacial score (nSPS) is 16.1. The van der Waals surface area contributed by atoms with Gasteiger partial charge in [0.15, 0.2) is 0 Å². The average Bonchev–Trinajstić information content (AvgIpc) is 2.73. The standard InChI is InChI=1S/C23H24Cl2N2O4/c1-4-30-22(28)19-20(13(2)3)26-23(29)27-21(19)14-6-9-17(10-7-14)31-12-15-5-8-16(24)11-18(15)25/h5-11,13,21H,4,12H2,1-3H3,(H2,26,27,29). The summed E-state index contributed by atoms with van der Waals surface area (Å²) >= 11 is 12.1. The molecule has 1 heterocycles. The lowest BCUT2D eigenvalue weighted by molar-refractivity contribution is -0.139. The minimum Gasteiger partial charge on any atom is -0.489 e. The van der Waals surface area contributed by atoms with Crippen molar-refractivity contribution in [3.05, 3.63) is 74.9 Å². The summed E-state index contributed by atoms with van der Waals surface area (Å²) in [5, 5.41) is 6.66. The van der Waals surface area contributed by atoms with Crippen LogP contribution in [-0.2, 0) is 16.1 Å². The fourth-order valence-corrected chi connectivity index (χ4v) is 3.75. The van der Waals surface area contributed by atoms with E-state index in [4.69, 9.17) is 32.7 Å². The first-order valence-electron chi connectivity index (χ1n) is 9.95. The van der Waals surface area contributed by atoms with E-state index in [1.165, 1.54) is 0 Å². The van der Waals surface area contributed by atoms with Crippen LogP contribution in [0.2, 0.25) is 10.0 Å². The quantitative estimate of drug-likeness (QED) is 0.540. The molecule has 0 saturated heterocycles. The summed E-state index contributed by atoms with van der Waals surface area (Å²) in [6.07, 6.45) is 0. The minimum absolute atomic E-state index is 0.0558. The van der Waals surface area contributed by atoms with E-state index in [1.807, 2.05) is 32.0 Å².